The van der Waals surface area contributed by atoms with E-state index in [2.05, 4.69) is 12.2 Å². The average molecular weight is 371 g/mol. The van der Waals surface area contributed by atoms with Gasteiger partial charge in [0.05, 0.1) is 5.92 Å². The van der Waals surface area contributed by atoms with Crippen molar-refractivity contribution in [1.82, 2.24) is 5.32 Å². The number of benzene rings is 2. The maximum Gasteiger partial charge on any atom is 0.227 e. The molecule has 0 spiro atoms. The average Bonchev–Trinajstić information content (AvgIpc) is 3.03. The maximum absolute atomic E-state index is 12.5. The van der Waals surface area contributed by atoms with E-state index in [1.54, 1.807) is 4.90 Å². The molecular weight excluding hydrogens is 348 g/mol. The zero-order valence-electron chi connectivity index (χ0n) is 14.9. The van der Waals surface area contributed by atoms with Crippen molar-refractivity contribution in [2.24, 2.45) is 5.92 Å². The summed E-state index contributed by atoms with van der Waals surface area (Å²) in [5.74, 6) is -0.343. The first-order valence-corrected chi connectivity index (χ1v) is 9.36. The summed E-state index contributed by atoms with van der Waals surface area (Å²) >= 11 is 5.97. The molecule has 1 N–H and O–H groups in total. The van der Waals surface area contributed by atoms with Crippen LogP contribution < -0.4 is 10.2 Å². The van der Waals surface area contributed by atoms with Crippen LogP contribution in [0.2, 0.25) is 5.02 Å². The number of carbonyl (C=O) groups excluding carboxylic acids is 2. The van der Waals surface area contributed by atoms with Gasteiger partial charge in [-0.25, -0.2) is 0 Å². The van der Waals surface area contributed by atoms with Crippen molar-refractivity contribution in [3.63, 3.8) is 0 Å². The van der Waals surface area contributed by atoms with Crippen molar-refractivity contribution in [2.45, 2.75) is 26.2 Å². The number of para-hydroxylation sites is 1. The highest BCUT2D eigenvalue weighted by Crippen LogP contribution is 2.28. The van der Waals surface area contributed by atoms with Gasteiger partial charge in [-0.3, -0.25) is 9.59 Å². The largest absolute Gasteiger partial charge is 0.355 e. The smallest absolute Gasteiger partial charge is 0.227 e. The molecule has 4 nitrogen and oxygen atoms in total. The molecule has 3 rings (SSSR count). The summed E-state index contributed by atoms with van der Waals surface area (Å²) < 4.78 is 0. The molecule has 0 bridgehead atoms. The van der Waals surface area contributed by atoms with Gasteiger partial charge < -0.3 is 10.2 Å². The first kappa shape index (κ1) is 18.5. The van der Waals surface area contributed by atoms with Crippen LogP contribution in [-0.4, -0.2) is 24.9 Å². The summed E-state index contributed by atoms with van der Waals surface area (Å²) in [7, 11) is 0. The van der Waals surface area contributed by atoms with Crippen LogP contribution in [0.3, 0.4) is 0 Å². The Kier molecular flexibility index (Phi) is 5.94. The van der Waals surface area contributed by atoms with E-state index in [1.165, 1.54) is 0 Å². The van der Waals surface area contributed by atoms with Gasteiger partial charge >= 0.3 is 0 Å². The third kappa shape index (κ3) is 4.25. The molecule has 0 saturated carbocycles. The van der Waals surface area contributed by atoms with Gasteiger partial charge in [0.1, 0.15) is 0 Å². The molecule has 1 aliphatic heterocycles. The summed E-state index contributed by atoms with van der Waals surface area (Å²) in [5.41, 5.74) is 3.14. The summed E-state index contributed by atoms with van der Waals surface area (Å²) in [4.78, 5) is 26.6. The fraction of sp³-hybridized carbons (Fsp3) is 0.333. The van der Waals surface area contributed by atoms with Crippen molar-refractivity contribution in [1.29, 1.82) is 0 Å². The Labute approximate surface area is 159 Å². The molecule has 0 aliphatic carbocycles. The van der Waals surface area contributed by atoms with E-state index in [0.29, 0.717) is 18.1 Å². The van der Waals surface area contributed by atoms with Crippen molar-refractivity contribution >= 4 is 29.1 Å². The second kappa shape index (κ2) is 8.37. The fourth-order valence-corrected chi connectivity index (χ4v) is 3.57. The van der Waals surface area contributed by atoms with E-state index in [1.807, 2.05) is 48.5 Å². The highest BCUT2D eigenvalue weighted by Gasteiger charge is 2.35. The monoisotopic (exact) mass is 370 g/mol. The molecule has 1 saturated heterocycles. The van der Waals surface area contributed by atoms with E-state index in [4.69, 9.17) is 11.6 Å². The van der Waals surface area contributed by atoms with E-state index >= 15 is 0 Å². The van der Waals surface area contributed by atoms with Crippen LogP contribution in [0.25, 0.3) is 0 Å². The molecule has 0 aromatic heterocycles. The van der Waals surface area contributed by atoms with Crippen molar-refractivity contribution in [2.75, 3.05) is 18.0 Å². The second-order valence-corrected chi connectivity index (χ2v) is 7.00. The zero-order chi connectivity index (χ0) is 18.5. The predicted octanol–water partition coefficient (Wildman–Crippen LogP) is 3.61. The summed E-state index contributed by atoms with van der Waals surface area (Å²) in [5, 5.41) is 3.65. The molecular formula is C21H23ClN2O2. The van der Waals surface area contributed by atoms with Gasteiger partial charge in [0, 0.05) is 30.2 Å². The lowest BCUT2D eigenvalue weighted by atomic mass is 10.1. The topological polar surface area (TPSA) is 49.4 Å². The number of anilines is 1. The number of hydrogen-bond acceptors (Lipinski definition) is 2. The van der Waals surface area contributed by atoms with Crippen molar-refractivity contribution < 1.29 is 9.59 Å². The van der Waals surface area contributed by atoms with E-state index in [9.17, 15) is 9.59 Å². The van der Waals surface area contributed by atoms with Crippen LogP contribution in [0.15, 0.2) is 48.5 Å². The Balaban J connectivity index is 1.57. The molecule has 1 heterocycles. The second-order valence-electron chi connectivity index (χ2n) is 6.56. The molecule has 0 radical (unpaired) electrons. The standard InChI is InChI=1S/C21H23ClN2O2/c1-2-16-7-3-4-9-19(16)24-14-17(13-20(24)25)21(26)23-11-10-15-6-5-8-18(22)12-15/h3-9,12,17H,2,10-11,13-14H2,1H3,(H,23,26). The lowest BCUT2D eigenvalue weighted by Gasteiger charge is -2.20. The number of halogens is 1. The Hall–Kier alpha value is -2.33. The number of nitrogens with one attached hydrogen (secondary N) is 1. The van der Waals surface area contributed by atoms with Gasteiger partial charge in [0.25, 0.3) is 0 Å². The van der Waals surface area contributed by atoms with Crippen LogP contribution in [0.4, 0.5) is 5.69 Å². The summed E-state index contributed by atoms with van der Waals surface area (Å²) in [6, 6.07) is 15.5. The molecule has 2 amide bonds. The van der Waals surface area contributed by atoms with Crippen LogP contribution >= 0.6 is 11.6 Å². The SMILES string of the molecule is CCc1ccccc1N1CC(C(=O)NCCc2cccc(Cl)c2)CC1=O. The third-order valence-corrected chi connectivity index (χ3v) is 5.00. The lowest BCUT2D eigenvalue weighted by Crippen LogP contribution is -2.34. The molecule has 1 aliphatic rings. The van der Waals surface area contributed by atoms with E-state index in [0.717, 1.165) is 29.7 Å². The Bertz CT molecular complexity index is 806. The highest BCUT2D eigenvalue weighted by molar-refractivity contribution is 6.30. The Morgan fingerprint density at radius 3 is 2.81 bits per heavy atom. The van der Waals surface area contributed by atoms with Gasteiger partial charge in [-0.1, -0.05) is 48.9 Å². The molecule has 1 fully saturated rings. The van der Waals surface area contributed by atoms with Gasteiger partial charge in [-0.15, -0.1) is 0 Å². The molecule has 5 heteroatoms. The van der Waals surface area contributed by atoms with Crippen LogP contribution in [0.1, 0.15) is 24.5 Å². The number of rotatable bonds is 6. The lowest BCUT2D eigenvalue weighted by molar-refractivity contribution is -0.126. The Morgan fingerprint density at radius 1 is 1.23 bits per heavy atom. The minimum atomic E-state index is -0.299. The number of aryl methyl sites for hydroxylation is 1. The highest BCUT2D eigenvalue weighted by atomic mass is 35.5. The van der Waals surface area contributed by atoms with E-state index < -0.39 is 0 Å². The molecule has 136 valence electrons. The molecule has 1 atom stereocenters. The van der Waals surface area contributed by atoms with Crippen LogP contribution in [-0.2, 0) is 22.4 Å². The van der Waals surface area contributed by atoms with Gasteiger partial charge in [0.15, 0.2) is 0 Å². The number of amides is 2. The number of hydrogen-bond donors (Lipinski definition) is 1. The molecule has 1 unspecified atom stereocenters. The molecule has 26 heavy (non-hydrogen) atoms. The maximum atomic E-state index is 12.5. The minimum Gasteiger partial charge on any atom is -0.355 e. The van der Waals surface area contributed by atoms with Crippen molar-refractivity contribution in [3.05, 3.63) is 64.7 Å². The predicted molar refractivity (Wildman–Crippen MR) is 104 cm³/mol. The van der Waals surface area contributed by atoms with Crippen LogP contribution in [0.5, 0.6) is 0 Å². The summed E-state index contributed by atoms with van der Waals surface area (Å²) in [6.45, 7) is 3.05. The first-order chi connectivity index (χ1) is 12.6. The van der Waals surface area contributed by atoms with Crippen molar-refractivity contribution in [3.8, 4) is 0 Å². The van der Waals surface area contributed by atoms with Gasteiger partial charge in [-0.05, 0) is 42.2 Å². The molecule has 2 aromatic rings. The minimum absolute atomic E-state index is 0.0147. The first-order valence-electron chi connectivity index (χ1n) is 8.99. The van der Waals surface area contributed by atoms with Crippen LogP contribution in [0, 0.1) is 5.92 Å². The molecule has 2 aromatic carbocycles. The zero-order valence-corrected chi connectivity index (χ0v) is 15.6. The third-order valence-electron chi connectivity index (χ3n) is 4.76. The quantitative estimate of drug-likeness (QED) is 0.844. The van der Waals surface area contributed by atoms with E-state index in [-0.39, 0.29) is 24.2 Å². The summed E-state index contributed by atoms with van der Waals surface area (Å²) in [6.07, 6.45) is 1.84. The van der Waals surface area contributed by atoms with Gasteiger partial charge in [-0.2, -0.15) is 0 Å². The fourth-order valence-electron chi connectivity index (χ4n) is 3.36. The number of nitrogens with zero attached hydrogens (tertiary/aromatic N) is 1. The normalized spacial score (nSPS) is 16.8. The van der Waals surface area contributed by atoms with Gasteiger partial charge in [0.2, 0.25) is 11.8 Å². The number of carbonyl (C=O) groups is 2. The Morgan fingerprint density at radius 2 is 2.04 bits per heavy atom.